The average molecular weight is 332 g/mol. The van der Waals surface area contributed by atoms with Crippen LogP contribution in [0.25, 0.3) is 0 Å². The lowest BCUT2D eigenvalue weighted by Gasteiger charge is -2.43. The van der Waals surface area contributed by atoms with Gasteiger partial charge in [0.1, 0.15) is 5.82 Å². The van der Waals surface area contributed by atoms with Gasteiger partial charge in [0.15, 0.2) is 0 Å². The molecule has 1 aromatic carbocycles. The summed E-state index contributed by atoms with van der Waals surface area (Å²) in [6.07, 6.45) is 4.12. The molecule has 2 heterocycles. The minimum atomic E-state index is -0.386. The summed E-state index contributed by atoms with van der Waals surface area (Å²) in [5.74, 6) is -0.512. The normalized spacial score (nSPS) is 28.1. The molecule has 1 aromatic rings. The van der Waals surface area contributed by atoms with E-state index in [-0.39, 0.29) is 35.6 Å². The molecule has 2 saturated heterocycles. The molecular weight excluding hydrogens is 307 g/mol. The van der Waals surface area contributed by atoms with Crippen LogP contribution in [0, 0.1) is 11.7 Å². The van der Waals surface area contributed by atoms with E-state index in [9.17, 15) is 14.0 Å². The molecule has 2 amide bonds. The molecule has 3 rings (SSSR count). The van der Waals surface area contributed by atoms with Gasteiger partial charge in [0.05, 0.1) is 12.0 Å². The Morgan fingerprint density at radius 3 is 2.75 bits per heavy atom. The van der Waals surface area contributed by atoms with E-state index in [1.54, 1.807) is 18.0 Å². The first-order chi connectivity index (χ1) is 11.5. The van der Waals surface area contributed by atoms with E-state index in [1.165, 1.54) is 12.1 Å². The van der Waals surface area contributed by atoms with Crippen LogP contribution < -0.4 is 0 Å². The van der Waals surface area contributed by atoms with Crippen molar-refractivity contribution in [3.05, 3.63) is 35.6 Å². The van der Waals surface area contributed by atoms with Gasteiger partial charge in [-0.25, -0.2) is 4.39 Å². The number of piperidine rings is 2. The van der Waals surface area contributed by atoms with E-state index >= 15 is 0 Å². The number of benzene rings is 1. The topological polar surface area (TPSA) is 40.6 Å². The number of rotatable bonds is 2. The first kappa shape index (κ1) is 16.9. The lowest BCUT2D eigenvalue weighted by molar-refractivity contribution is -0.148. The zero-order valence-corrected chi connectivity index (χ0v) is 14.4. The number of nitrogens with zero attached hydrogens (tertiary/aromatic N) is 2. The van der Waals surface area contributed by atoms with Gasteiger partial charge in [-0.05, 0) is 50.3 Å². The summed E-state index contributed by atoms with van der Waals surface area (Å²) in [6.45, 7) is 2.87. The number of likely N-dealkylation sites (tertiary alicyclic amines) is 2. The number of hydrogen-bond acceptors (Lipinski definition) is 2. The monoisotopic (exact) mass is 332 g/mol. The van der Waals surface area contributed by atoms with Crippen LogP contribution in [0.3, 0.4) is 0 Å². The van der Waals surface area contributed by atoms with Crippen molar-refractivity contribution in [2.45, 2.75) is 51.1 Å². The summed E-state index contributed by atoms with van der Waals surface area (Å²) in [7, 11) is 1.72. The third-order valence-electron chi connectivity index (χ3n) is 5.45. The highest BCUT2D eigenvalue weighted by molar-refractivity contribution is 5.85. The summed E-state index contributed by atoms with van der Waals surface area (Å²) in [5.41, 5.74) is 0.702. The Bertz CT molecular complexity index is 634. The SMILES string of the molecule is CC1CCCCN1C(=O)C1CCC(=O)N(C)C1c1cccc(F)c1. The molecule has 4 nitrogen and oxygen atoms in total. The molecule has 2 aliphatic rings. The zero-order valence-electron chi connectivity index (χ0n) is 14.4. The Hall–Kier alpha value is -1.91. The first-order valence-corrected chi connectivity index (χ1v) is 8.80. The maximum Gasteiger partial charge on any atom is 0.228 e. The molecule has 3 atom stereocenters. The molecule has 24 heavy (non-hydrogen) atoms. The molecule has 2 fully saturated rings. The highest BCUT2D eigenvalue weighted by atomic mass is 19.1. The fraction of sp³-hybridized carbons (Fsp3) is 0.579. The number of hydrogen-bond donors (Lipinski definition) is 0. The van der Waals surface area contributed by atoms with Crippen LogP contribution in [0.4, 0.5) is 4.39 Å². The van der Waals surface area contributed by atoms with Crippen LogP contribution in [-0.2, 0) is 9.59 Å². The van der Waals surface area contributed by atoms with Crippen LogP contribution in [-0.4, -0.2) is 41.2 Å². The fourth-order valence-electron chi connectivity index (χ4n) is 4.08. The van der Waals surface area contributed by atoms with Crippen molar-refractivity contribution in [3.8, 4) is 0 Å². The second kappa shape index (κ2) is 6.91. The van der Waals surface area contributed by atoms with E-state index in [0.717, 1.165) is 25.8 Å². The molecule has 0 N–H and O–H groups in total. The molecule has 0 aliphatic carbocycles. The van der Waals surface area contributed by atoms with Crippen LogP contribution >= 0.6 is 0 Å². The quantitative estimate of drug-likeness (QED) is 0.835. The first-order valence-electron chi connectivity index (χ1n) is 8.80. The summed E-state index contributed by atoms with van der Waals surface area (Å²) in [4.78, 5) is 28.9. The molecule has 0 bridgehead atoms. The van der Waals surface area contributed by atoms with Crippen LogP contribution in [0.15, 0.2) is 24.3 Å². The van der Waals surface area contributed by atoms with Crippen LogP contribution in [0.1, 0.15) is 50.6 Å². The minimum absolute atomic E-state index is 0.0139. The Morgan fingerprint density at radius 2 is 2.04 bits per heavy atom. The highest BCUT2D eigenvalue weighted by Gasteiger charge is 2.41. The molecule has 0 radical (unpaired) electrons. The van der Waals surface area contributed by atoms with E-state index in [1.807, 2.05) is 11.0 Å². The summed E-state index contributed by atoms with van der Waals surface area (Å²) < 4.78 is 13.7. The lowest BCUT2D eigenvalue weighted by Crippen LogP contribution is -2.51. The summed E-state index contributed by atoms with van der Waals surface area (Å²) >= 11 is 0. The minimum Gasteiger partial charge on any atom is -0.340 e. The molecule has 2 aliphatic heterocycles. The third kappa shape index (κ3) is 3.17. The molecule has 0 saturated carbocycles. The molecule has 0 spiro atoms. The largest absolute Gasteiger partial charge is 0.340 e. The van der Waals surface area contributed by atoms with Crippen molar-refractivity contribution < 1.29 is 14.0 Å². The van der Waals surface area contributed by atoms with Crippen molar-refractivity contribution >= 4 is 11.8 Å². The smallest absolute Gasteiger partial charge is 0.228 e. The average Bonchev–Trinajstić information content (AvgIpc) is 2.57. The second-order valence-corrected chi connectivity index (χ2v) is 7.03. The molecular formula is C19H25FN2O2. The Labute approximate surface area is 142 Å². The predicted molar refractivity (Wildman–Crippen MR) is 89.7 cm³/mol. The summed E-state index contributed by atoms with van der Waals surface area (Å²) in [5, 5.41) is 0. The molecule has 0 aromatic heterocycles. The zero-order chi connectivity index (χ0) is 17.3. The molecule has 130 valence electrons. The second-order valence-electron chi connectivity index (χ2n) is 7.03. The van der Waals surface area contributed by atoms with Gasteiger partial charge in [0, 0.05) is 26.1 Å². The third-order valence-corrected chi connectivity index (χ3v) is 5.45. The maximum atomic E-state index is 13.7. The van der Waals surface area contributed by atoms with E-state index < -0.39 is 0 Å². The lowest BCUT2D eigenvalue weighted by atomic mass is 9.83. The Morgan fingerprint density at radius 1 is 1.25 bits per heavy atom. The van der Waals surface area contributed by atoms with Gasteiger partial charge in [-0.3, -0.25) is 9.59 Å². The fourth-order valence-corrected chi connectivity index (χ4v) is 4.08. The van der Waals surface area contributed by atoms with Gasteiger partial charge < -0.3 is 9.80 Å². The Kier molecular flexibility index (Phi) is 4.88. The van der Waals surface area contributed by atoms with E-state index in [4.69, 9.17) is 0 Å². The van der Waals surface area contributed by atoms with Crippen molar-refractivity contribution in [1.82, 2.24) is 9.80 Å². The van der Waals surface area contributed by atoms with Gasteiger partial charge in [0.25, 0.3) is 0 Å². The van der Waals surface area contributed by atoms with Gasteiger partial charge in [-0.15, -0.1) is 0 Å². The number of halogens is 1. The van der Waals surface area contributed by atoms with Crippen molar-refractivity contribution in [3.63, 3.8) is 0 Å². The highest BCUT2D eigenvalue weighted by Crippen LogP contribution is 2.38. The number of carbonyl (C=O) groups excluding carboxylic acids is 2. The predicted octanol–water partition coefficient (Wildman–Crippen LogP) is 3.14. The molecule has 3 unspecified atom stereocenters. The number of carbonyl (C=O) groups is 2. The van der Waals surface area contributed by atoms with Gasteiger partial charge in [-0.2, -0.15) is 0 Å². The summed E-state index contributed by atoms with van der Waals surface area (Å²) in [6, 6.07) is 6.13. The van der Waals surface area contributed by atoms with Crippen molar-refractivity contribution in [1.29, 1.82) is 0 Å². The van der Waals surface area contributed by atoms with Gasteiger partial charge in [0.2, 0.25) is 11.8 Å². The van der Waals surface area contributed by atoms with Crippen LogP contribution in [0.5, 0.6) is 0 Å². The van der Waals surface area contributed by atoms with Crippen LogP contribution in [0.2, 0.25) is 0 Å². The maximum absolute atomic E-state index is 13.7. The van der Waals surface area contributed by atoms with Gasteiger partial charge >= 0.3 is 0 Å². The Balaban J connectivity index is 1.91. The standard InChI is InChI=1S/C19H25FN2O2/c1-13-6-3-4-11-22(13)19(24)16-9-10-17(23)21(2)18(16)14-7-5-8-15(20)12-14/h5,7-8,12-13,16,18H,3-4,6,9-11H2,1-2H3. The van der Waals surface area contributed by atoms with E-state index in [0.29, 0.717) is 18.4 Å². The molecule has 5 heteroatoms. The van der Waals surface area contributed by atoms with Gasteiger partial charge in [-0.1, -0.05) is 12.1 Å². The van der Waals surface area contributed by atoms with Crippen molar-refractivity contribution in [2.24, 2.45) is 5.92 Å². The van der Waals surface area contributed by atoms with Crippen molar-refractivity contribution in [2.75, 3.05) is 13.6 Å². The van der Waals surface area contributed by atoms with E-state index in [2.05, 4.69) is 6.92 Å². The number of amides is 2.